The molecule has 0 saturated carbocycles. The summed E-state index contributed by atoms with van der Waals surface area (Å²) in [5.74, 6) is -0.0301. The summed E-state index contributed by atoms with van der Waals surface area (Å²) < 4.78 is 5.16. The summed E-state index contributed by atoms with van der Waals surface area (Å²) in [5, 5.41) is 11.8. The average molecular weight is 368 g/mol. The zero-order chi connectivity index (χ0) is 19.4. The summed E-state index contributed by atoms with van der Waals surface area (Å²) in [7, 11) is 1.60. The third-order valence-electron chi connectivity index (χ3n) is 5.28. The van der Waals surface area contributed by atoms with E-state index in [0.717, 1.165) is 16.9 Å². The van der Waals surface area contributed by atoms with Crippen LogP contribution < -0.4 is 4.74 Å². The molecule has 3 unspecified atom stereocenters. The van der Waals surface area contributed by atoms with Crippen LogP contribution in [0.1, 0.15) is 24.5 Å². The first-order valence-corrected chi connectivity index (χ1v) is 9.16. The minimum absolute atomic E-state index is 0.136. The van der Waals surface area contributed by atoms with Gasteiger partial charge in [0.15, 0.2) is 0 Å². The van der Waals surface area contributed by atoms with Gasteiger partial charge in [0.1, 0.15) is 11.7 Å². The molecule has 0 aromatic heterocycles. The van der Waals surface area contributed by atoms with Gasteiger partial charge in [-0.3, -0.25) is 14.9 Å². The largest absolute Gasteiger partial charge is 0.497 e. The second-order valence-electron chi connectivity index (χ2n) is 6.86. The number of hydrogen-bond donors (Lipinski definition) is 0. The lowest BCUT2D eigenvalue weighted by atomic mass is 9.91. The van der Waals surface area contributed by atoms with E-state index >= 15 is 0 Å². The monoisotopic (exact) mass is 368 g/mol. The first-order chi connectivity index (χ1) is 13.0. The number of rotatable bonds is 7. The second kappa shape index (κ2) is 8.20. The van der Waals surface area contributed by atoms with Crippen LogP contribution in [0.2, 0.25) is 0 Å². The van der Waals surface area contributed by atoms with Crippen molar-refractivity contribution in [2.75, 3.05) is 7.11 Å². The van der Waals surface area contributed by atoms with Gasteiger partial charge in [-0.05, 0) is 36.1 Å². The maximum Gasteiger partial charge on any atom is 0.245 e. The molecule has 1 amide bonds. The molecule has 1 fully saturated rings. The van der Waals surface area contributed by atoms with Gasteiger partial charge in [0.2, 0.25) is 11.9 Å². The van der Waals surface area contributed by atoms with Gasteiger partial charge >= 0.3 is 0 Å². The molecule has 0 N–H and O–H groups in total. The van der Waals surface area contributed by atoms with Crippen LogP contribution in [0.5, 0.6) is 5.75 Å². The van der Waals surface area contributed by atoms with Gasteiger partial charge < -0.3 is 9.64 Å². The lowest BCUT2D eigenvalue weighted by Gasteiger charge is -2.24. The fraction of sp³-hybridized carbons (Fsp3) is 0.381. The van der Waals surface area contributed by atoms with Crippen LogP contribution in [-0.4, -0.2) is 34.9 Å². The molecular formula is C21H24N2O4. The van der Waals surface area contributed by atoms with Crippen molar-refractivity contribution in [1.82, 2.24) is 4.90 Å². The molecule has 1 aliphatic rings. The van der Waals surface area contributed by atoms with E-state index in [1.807, 2.05) is 61.5 Å². The van der Waals surface area contributed by atoms with Crippen LogP contribution in [0.25, 0.3) is 0 Å². The molecule has 1 aliphatic heterocycles. The van der Waals surface area contributed by atoms with Crippen molar-refractivity contribution in [2.45, 2.75) is 38.4 Å². The van der Waals surface area contributed by atoms with E-state index in [4.69, 9.17) is 4.74 Å². The standard InChI is InChI=1S/C21H24N2O4/c1-3-19-20(23(25)26)18(13-15-7-5-4-6-8-15)21(24)22(19)14-16-9-11-17(27-2)12-10-16/h4-12,18-20H,3,13-14H2,1-2H3. The summed E-state index contributed by atoms with van der Waals surface area (Å²) in [6.45, 7) is 2.28. The number of nitrogens with zero attached hydrogens (tertiary/aromatic N) is 2. The molecule has 27 heavy (non-hydrogen) atoms. The third kappa shape index (κ3) is 3.94. The quantitative estimate of drug-likeness (QED) is 0.555. The fourth-order valence-electron chi connectivity index (χ4n) is 3.92. The highest BCUT2D eigenvalue weighted by Gasteiger charge is 2.54. The number of methoxy groups -OCH3 is 1. The first kappa shape index (κ1) is 18.9. The number of hydrogen-bond acceptors (Lipinski definition) is 4. The third-order valence-corrected chi connectivity index (χ3v) is 5.28. The zero-order valence-corrected chi connectivity index (χ0v) is 15.6. The Labute approximate surface area is 158 Å². The fourth-order valence-corrected chi connectivity index (χ4v) is 3.92. The van der Waals surface area contributed by atoms with Crippen molar-refractivity contribution in [2.24, 2.45) is 5.92 Å². The van der Waals surface area contributed by atoms with E-state index in [-0.39, 0.29) is 10.8 Å². The predicted molar refractivity (Wildman–Crippen MR) is 102 cm³/mol. The Balaban J connectivity index is 1.86. The van der Waals surface area contributed by atoms with Crippen LogP contribution in [0.4, 0.5) is 0 Å². The van der Waals surface area contributed by atoms with E-state index in [9.17, 15) is 14.9 Å². The molecule has 0 spiro atoms. The molecule has 6 heteroatoms. The van der Waals surface area contributed by atoms with Gasteiger partial charge in [-0.15, -0.1) is 0 Å². The van der Waals surface area contributed by atoms with Crippen molar-refractivity contribution in [1.29, 1.82) is 0 Å². The number of carbonyl (C=O) groups is 1. The van der Waals surface area contributed by atoms with Gasteiger partial charge in [-0.1, -0.05) is 49.4 Å². The molecule has 2 aromatic rings. The van der Waals surface area contributed by atoms with E-state index in [1.54, 1.807) is 12.0 Å². The SMILES string of the molecule is CCC1C([N+](=O)[O-])C(Cc2ccccc2)C(=O)N1Cc1ccc(OC)cc1. The Morgan fingerprint density at radius 3 is 2.30 bits per heavy atom. The Kier molecular flexibility index (Phi) is 5.74. The molecule has 1 saturated heterocycles. The van der Waals surface area contributed by atoms with E-state index in [0.29, 0.717) is 19.4 Å². The van der Waals surface area contributed by atoms with Crippen molar-refractivity contribution >= 4 is 5.91 Å². The molecule has 3 atom stereocenters. The number of nitro groups is 1. The Morgan fingerprint density at radius 1 is 1.07 bits per heavy atom. The molecule has 2 aromatic carbocycles. The molecule has 6 nitrogen and oxygen atoms in total. The Hall–Kier alpha value is -2.89. The highest BCUT2D eigenvalue weighted by molar-refractivity contribution is 5.83. The summed E-state index contributed by atoms with van der Waals surface area (Å²) >= 11 is 0. The van der Waals surface area contributed by atoms with Gasteiger partial charge in [-0.25, -0.2) is 0 Å². The molecule has 0 aliphatic carbocycles. The van der Waals surface area contributed by atoms with Crippen LogP contribution in [-0.2, 0) is 17.8 Å². The van der Waals surface area contributed by atoms with E-state index in [1.165, 1.54) is 0 Å². The number of carbonyl (C=O) groups excluding carboxylic acids is 1. The number of ether oxygens (including phenoxy) is 1. The first-order valence-electron chi connectivity index (χ1n) is 9.16. The molecular weight excluding hydrogens is 344 g/mol. The van der Waals surface area contributed by atoms with Crippen molar-refractivity contribution in [3.8, 4) is 5.75 Å². The zero-order valence-electron chi connectivity index (χ0n) is 15.6. The summed E-state index contributed by atoms with van der Waals surface area (Å²) in [4.78, 5) is 26.3. The topological polar surface area (TPSA) is 72.7 Å². The Bertz CT molecular complexity index is 792. The number of benzene rings is 2. The van der Waals surface area contributed by atoms with Crippen LogP contribution in [0, 0.1) is 16.0 Å². The Morgan fingerprint density at radius 2 is 1.74 bits per heavy atom. The average Bonchev–Trinajstić information content (AvgIpc) is 2.95. The molecule has 0 bridgehead atoms. The highest BCUT2D eigenvalue weighted by Crippen LogP contribution is 2.33. The van der Waals surface area contributed by atoms with E-state index in [2.05, 4.69) is 0 Å². The predicted octanol–water partition coefficient (Wildman–Crippen LogP) is 3.32. The molecule has 142 valence electrons. The summed E-state index contributed by atoms with van der Waals surface area (Å²) in [6, 6.07) is 15.7. The number of amides is 1. The number of likely N-dealkylation sites (tertiary alicyclic amines) is 1. The molecule has 0 radical (unpaired) electrons. The van der Waals surface area contributed by atoms with Crippen molar-refractivity contribution in [3.05, 3.63) is 75.8 Å². The summed E-state index contributed by atoms with van der Waals surface area (Å²) in [6.07, 6.45) is 0.944. The maximum atomic E-state index is 13.1. The lowest BCUT2D eigenvalue weighted by molar-refractivity contribution is -0.531. The van der Waals surface area contributed by atoms with Crippen molar-refractivity contribution in [3.63, 3.8) is 0 Å². The lowest BCUT2D eigenvalue weighted by Crippen LogP contribution is -2.39. The van der Waals surface area contributed by atoms with Gasteiger partial charge in [0.05, 0.1) is 13.2 Å². The van der Waals surface area contributed by atoms with Gasteiger partial charge in [0, 0.05) is 11.5 Å². The van der Waals surface area contributed by atoms with Gasteiger partial charge in [-0.2, -0.15) is 0 Å². The van der Waals surface area contributed by atoms with Crippen LogP contribution >= 0.6 is 0 Å². The summed E-state index contributed by atoms with van der Waals surface area (Å²) in [5.41, 5.74) is 1.88. The molecule has 1 heterocycles. The van der Waals surface area contributed by atoms with Gasteiger partial charge in [0.25, 0.3) is 0 Å². The molecule has 3 rings (SSSR count). The normalized spacial score (nSPS) is 22.1. The van der Waals surface area contributed by atoms with E-state index < -0.39 is 18.0 Å². The van der Waals surface area contributed by atoms with Crippen molar-refractivity contribution < 1.29 is 14.5 Å². The van der Waals surface area contributed by atoms with Crippen LogP contribution in [0.15, 0.2) is 54.6 Å². The maximum absolute atomic E-state index is 13.1. The highest BCUT2D eigenvalue weighted by atomic mass is 16.6. The smallest absolute Gasteiger partial charge is 0.245 e. The minimum atomic E-state index is -0.888. The van der Waals surface area contributed by atoms with Crippen LogP contribution in [0.3, 0.4) is 0 Å². The minimum Gasteiger partial charge on any atom is -0.497 e. The second-order valence-corrected chi connectivity index (χ2v) is 6.86.